The zero-order valence-corrected chi connectivity index (χ0v) is 9.97. The highest BCUT2D eigenvalue weighted by Crippen LogP contribution is 2.27. The van der Waals surface area contributed by atoms with Gasteiger partial charge < -0.3 is 10.5 Å². The van der Waals surface area contributed by atoms with E-state index in [1.54, 1.807) is 29.9 Å². The van der Waals surface area contributed by atoms with Crippen LogP contribution in [0.15, 0.2) is 18.2 Å². The summed E-state index contributed by atoms with van der Waals surface area (Å²) >= 11 is 11.0. The van der Waals surface area contributed by atoms with Gasteiger partial charge in [0, 0.05) is 6.07 Å². The highest BCUT2D eigenvalue weighted by Gasteiger charge is 2.07. The third-order valence-corrected chi connectivity index (χ3v) is 2.68. The molecule has 84 valence electrons. The van der Waals surface area contributed by atoms with Gasteiger partial charge in [-0.2, -0.15) is 0 Å². The van der Waals surface area contributed by atoms with E-state index in [1.165, 1.54) is 0 Å². The third kappa shape index (κ3) is 1.77. The van der Waals surface area contributed by atoms with Crippen LogP contribution in [-0.2, 0) is 0 Å². The molecule has 0 bridgehead atoms. The van der Waals surface area contributed by atoms with Gasteiger partial charge in [0.25, 0.3) is 0 Å². The van der Waals surface area contributed by atoms with E-state index in [0.29, 0.717) is 15.5 Å². The zero-order chi connectivity index (χ0) is 11.7. The first kappa shape index (κ1) is 11.0. The van der Waals surface area contributed by atoms with Crippen molar-refractivity contribution in [2.45, 2.75) is 0 Å². The monoisotopic (exact) mass is 256 g/mol. The number of methoxy groups -OCH3 is 1. The number of hydrogen-bond donors (Lipinski definition) is 2. The van der Waals surface area contributed by atoms with Gasteiger partial charge in [0.2, 0.25) is 10.7 Å². The fraction of sp³-hybridized carbons (Fsp3) is 0.111. The molecule has 16 heavy (non-hydrogen) atoms. The van der Waals surface area contributed by atoms with Crippen molar-refractivity contribution in [1.82, 2.24) is 14.8 Å². The second-order valence-electron chi connectivity index (χ2n) is 3.04. The minimum Gasteiger partial charge on any atom is -0.495 e. The number of hydrogen-bond acceptors (Lipinski definition) is 4. The molecule has 0 aliphatic heterocycles. The number of nitrogens with one attached hydrogen (secondary N) is 1. The number of aromatic amines is 1. The summed E-state index contributed by atoms with van der Waals surface area (Å²) in [5.41, 5.74) is 6.43. The Morgan fingerprint density at radius 2 is 2.31 bits per heavy atom. The Labute approximate surface area is 102 Å². The summed E-state index contributed by atoms with van der Waals surface area (Å²) in [4.78, 5) is 0. The lowest BCUT2D eigenvalue weighted by atomic mass is 10.3. The summed E-state index contributed by atoms with van der Waals surface area (Å²) in [6, 6.07) is 5.24. The number of halogens is 1. The number of H-pyrrole nitrogens is 1. The maximum atomic E-state index is 5.92. The van der Waals surface area contributed by atoms with E-state index in [0.717, 1.165) is 5.69 Å². The summed E-state index contributed by atoms with van der Waals surface area (Å²) < 4.78 is 7.12. The van der Waals surface area contributed by atoms with Crippen LogP contribution in [0.25, 0.3) is 5.69 Å². The summed E-state index contributed by atoms with van der Waals surface area (Å²) in [6.07, 6.45) is 0. The van der Waals surface area contributed by atoms with Crippen LogP contribution in [-0.4, -0.2) is 21.9 Å². The molecule has 0 spiro atoms. The summed E-state index contributed by atoms with van der Waals surface area (Å²) in [7, 11) is 1.54. The normalized spacial score (nSPS) is 10.4. The summed E-state index contributed by atoms with van der Waals surface area (Å²) in [5, 5.41) is 6.95. The van der Waals surface area contributed by atoms with Gasteiger partial charge in [-0.15, -0.1) is 5.10 Å². The molecule has 2 rings (SSSR count). The van der Waals surface area contributed by atoms with Crippen LogP contribution in [0.2, 0.25) is 5.02 Å². The van der Waals surface area contributed by atoms with Gasteiger partial charge >= 0.3 is 0 Å². The number of nitrogens with zero attached hydrogens (tertiary/aromatic N) is 2. The number of rotatable bonds is 2. The van der Waals surface area contributed by atoms with Crippen LogP contribution in [0.1, 0.15) is 0 Å². The van der Waals surface area contributed by atoms with Gasteiger partial charge in [0.15, 0.2) is 0 Å². The average molecular weight is 257 g/mol. The second-order valence-corrected chi connectivity index (χ2v) is 3.84. The Balaban J connectivity index is 2.61. The first-order valence-electron chi connectivity index (χ1n) is 4.40. The number of anilines is 1. The Morgan fingerprint density at radius 3 is 2.88 bits per heavy atom. The minimum absolute atomic E-state index is 0.286. The largest absolute Gasteiger partial charge is 0.495 e. The molecular weight excluding hydrogens is 248 g/mol. The standard InChI is InChI=1S/C9H9ClN4OS/c1-15-7-4-5(2-3-6(7)10)14-8(11)12-13-9(14)16/h2-4H,1H3,(H2,11,12)(H,13,16). The number of nitrogen functional groups attached to an aromatic ring is 1. The van der Waals surface area contributed by atoms with E-state index < -0.39 is 0 Å². The molecule has 0 aliphatic rings. The van der Waals surface area contributed by atoms with Crippen LogP contribution in [0.4, 0.5) is 5.95 Å². The van der Waals surface area contributed by atoms with Gasteiger partial charge in [-0.1, -0.05) is 11.6 Å². The molecule has 0 atom stereocenters. The highest BCUT2D eigenvalue weighted by atomic mass is 35.5. The highest BCUT2D eigenvalue weighted by molar-refractivity contribution is 7.71. The molecule has 0 aliphatic carbocycles. The fourth-order valence-electron chi connectivity index (χ4n) is 1.35. The first-order valence-corrected chi connectivity index (χ1v) is 5.19. The van der Waals surface area contributed by atoms with Crippen molar-refractivity contribution < 1.29 is 4.74 Å². The van der Waals surface area contributed by atoms with Gasteiger partial charge in [-0.05, 0) is 24.4 Å². The molecule has 2 aromatic rings. The maximum Gasteiger partial charge on any atom is 0.225 e. The van der Waals surface area contributed by atoms with Gasteiger partial charge in [0.05, 0.1) is 17.8 Å². The molecule has 0 radical (unpaired) electrons. The SMILES string of the molecule is COc1cc(-n2c(N)n[nH]c2=S)ccc1Cl. The van der Waals surface area contributed by atoms with E-state index in [4.69, 9.17) is 34.3 Å². The van der Waals surface area contributed by atoms with Crippen molar-refractivity contribution in [2.24, 2.45) is 0 Å². The predicted molar refractivity (Wildman–Crippen MR) is 64.7 cm³/mol. The van der Waals surface area contributed by atoms with Crippen molar-refractivity contribution in [3.05, 3.63) is 28.0 Å². The number of ether oxygens (including phenoxy) is 1. The summed E-state index contributed by atoms with van der Waals surface area (Å²) in [5.74, 6) is 0.844. The predicted octanol–water partition coefficient (Wildman–Crippen LogP) is 2.17. The van der Waals surface area contributed by atoms with Crippen LogP contribution < -0.4 is 10.5 Å². The molecular formula is C9H9ClN4OS. The Bertz CT molecular complexity index is 577. The molecule has 1 aromatic heterocycles. The quantitative estimate of drug-likeness (QED) is 0.808. The molecule has 7 heteroatoms. The van der Waals surface area contributed by atoms with Crippen LogP contribution in [0.5, 0.6) is 5.75 Å². The molecule has 0 fully saturated rings. The molecule has 0 saturated heterocycles. The van der Waals surface area contributed by atoms with E-state index in [2.05, 4.69) is 10.2 Å². The molecule has 0 unspecified atom stereocenters. The lowest BCUT2D eigenvalue weighted by molar-refractivity contribution is 0.415. The number of benzene rings is 1. The average Bonchev–Trinajstić information content (AvgIpc) is 2.60. The molecule has 3 N–H and O–H groups in total. The Morgan fingerprint density at radius 1 is 1.56 bits per heavy atom. The molecule has 0 amide bonds. The van der Waals surface area contributed by atoms with E-state index in [1.807, 2.05) is 0 Å². The number of aromatic nitrogens is 3. The minimum atomic E-state index is 0.286. The molecule has 5 nitrogen and oxygen atoms in total. The smallest absolute Gasteiger partial charge is 0.225 e. The van der Waals surface area contributed by atoms with Gasteiger partial charge in [-0.3, -0.25) is 4.57 Å². The van der Waals surface area contributed by atoms with Gasteiger partial charge in [-0.25, -0.2) is 5.10 Å². The van der Waals surface area contributed by atoms with Crippen LogP contribution >= 0.6 is 23.8 Å². The van der Waals surface area contributed by atoms with E-state index >= 15 is 0 Å². The number of nitrogens with two attached hydrogens (primary N) is 1. The van der Waals surface area contributed by atoms with Crippen LogP contribution in [0, 0.1) is 4.77 Å². The lowest BCUT2D eigenvalue weighted by Gasteiger charge is -2.07. The molecule has 1 aromatic carbocycles. The third-order valence-electron chi connectivity index (χ3n) is 2.09. The summed E-state index contributed by atoms with van der Waals surface area (Å²) in [6.45, 7) is 0. The molecule has 1 heterocycles. The first-order chi connectivity index (χ1) is 7.63. The van der Waals surface area contributed by atoms with Crippen molar-refractivity contribution in [3.63, 3.8) is 0 Å². The second kappa shape index (κ2) is 4.15. The van der Waals surface area contributed by atoms with Crippen molar-refractivity contribution >= 4 is 29.8 Å². The topological polar surface area (TPSA) is 68.9 Å². The Kier molecular flexibility index (Phi) is 2.84. The van der Waals surface area contributed by atoms with E-state index in [9.17, 15) is 0 Å². The van der Waals surface area contributed by atoms with Crippen molar-refractivity contribution in [2.75, 3.05) is 12.8 Å². The Hall–Kier alpha value is -1.53. The van der Waals surface area contributed by atoms with Crippen molar-refractivity contribution in [1.29, 1.82) is 0 Å². The fourth-order valence-corrected chi connectivity index (χ4v) is 1.79. The van der Waals surface area contributed by atoms with Gasteiger partial charge in [0.1, 0.15) is 5.75 Å². The maximum absolute atomic E-state index is 5.92. The lowest BCUT2D eigenvalue weighted by Crippen LogP contribution is -2.01. The van der Waals surface area contributed by atoms with Crippen LogP contribution in [0.3, 0.4) is 0 Å². The van der Waals surface area contributed by atoms with Crippen molar-refractivity contribution in [3.8, 4) is 11.4 Å². The molecule has 0 saturated carbocycles. The zero-order valence-electron chi connectivity index (χ0n) is 8.40. The van der Waals surface area contributed by atoms with E-state index in [-0.39, 0.29) is 5.95 Å².